The van der Waals surface area contributed by atoms with Crippen molar-refractivity contribution < 1.29 is 34.8 Å². The van der Waals surface area contributed by atoms with E-state index in [1.54, 1.807) is 63.7 Å². The molecule has 4 atom stereocenters. The maximum absolute atomic E-state index is 14.0. The minimum absolute atomic E-state index is 0.0111. The lowest BCUT2D eigenvalue weighted by Gasteiger charge is -2.50. The number of aliphatic hydroxyl groups is 3. The van der Waals surface area contributed by atoms with Crippen molar-refractivity contribution in [2.75, 3.05) is 33.1 Å². The standard InChI is InChI=1S/C30H30N4O7/c1-33(2)19-12-15(8-7-14-6-5-9-32-13-14)24(35)21-17(19)10-16-11-18-23(34(3)4)26(37)22(29(31)40)28(39)30(18,41)27(38)20(16)25(21)36/h5-6,9,12-13,16,18,23,35-36,39,41H,10-11H2,1-4H3,(H2,31,40)/t16-,18-,23-,30-/m1/s1. The van der Waals surface area contributed by atoms with Gasteiger partial charge in [-0.25, -0.2) is 0 Å². The second-order valence-corrected chi connectivity index (χ2v) is 11.0. The van der Waals surface area contributed by atoms with Gasteiger partial charge in [0.15, 0.2) is 11.4 Å². The summed E-state index contributed by atoms with van der Waals surface area (Å²) in [6, 6.07) is 4.02. The Morgan fingerprint density at radius 1 is 1.15 bits per heavy atom. The zero-order chi connectivity index (χ0) is 30.0. The van der Waals surface area contributed by atoms with Gasteiger partial charge in [-0.15, -0.1) is 0 Å². The highest BCUT2D eigenvalue weighted by atomic mass is 16.3. The van der Waals surface area contributed by atoms with Crippen molar-refractivity contribution in [1.82, 2.24) is 9.88 Å². The number of Topliss-reactive ketones (excluding diaryl/α,β-unsaturated/α-hetero) is 2. The number of carbonyl (C=O) groups is 3. The summed E-state index contributed by atoms with van der Waals surface area (Å²) in [5, 5.41) is 45.6. The largest absolute Gasteiger partial charge is 0.508 e. The number of pyridine rings is 1. The first-order valence-electron chi connectivity index (χ1n) is 12.9. The zero-order valence-electron chi connectivity index (χ0n) is 23.0. The number of aromatic hydroxyl groups is 1. The van der Waals surface area contributed by atoms with Gasteiger partial charge < -0.3 is 31.1 Å². The van der Waals surface area contributed by atoms with Gasteiger partial charge >= 0.3 is 0 Å². The lowest BCUT2D eigenvalue weighted by atomic mass is 9.57. The Kier molecular flexibility index (Phi) is 6.64. The number of aromatic nitrogens is 1. The van der Waals surface area contributed by atoms with E-state index in [1.165, 1.54) is 4.90 Å². The summed E-state index contributed by atoms with van der Waals surface area (Å²) in [6.07, 6.45) is 3.37. The molecule has 1 fully saturated rings. The molecule has 11 heteroatoms. The molecule has 2 aromatic rings. The molecule has 6 N–H and O–H groups in total. The normalized spacial score (nSPS) is 25.3. The Labute approximate surface area is 236 Å². The Hall–Kier alpha value is -4.66. The molecular weight excluding hydrogens is 528 g/mol. The molecule has 5 rings (SSSR count). The first kappa shape index (κ1) is 27.9. The molecule has 1 amide bonds. The molecular formula is C30H30N4O7. The summed E-state index contributed by atoms with van der Waals surface area (Å²) >= 11 is 0. The Morgan fingerprint density at radius 3 is 2.44 bits per heavy atom. The zero-order valence-corrected chi connectivity index (χ0v) is 23.0. The highest BCUT2D eigenvalue weighted by Gasteiger charge is 2.64. The fraction of sp³-hybridized carbons (Fsp3) is 0.333. The second kappa shape index (κ2) is 9.76. The van der Waals surface area contributed by atoms with Crippen LogP contribution in [0.2, 0.25) is 0 Å². The summed E-state index contributed by atoms with van der Waals surface area (Å²) in [4.78, 5) is 46.7. The van der Waals surface area contributed by atoms with E-state index in [0.717, 1.165) is 0 Å². The molecule has 1 heterocycles. The molecule has 1 aromatic heterocycles. The smallest absolute Gasteiger partial charge is 0.255 e. The van der Waals surface area contributed by atoms with Crippen LogP contribution in [0.5, 0.6) is 5.75 Å². The number of fused-ring (bicyclic) bond motifs is 3. The number of rotatable bonds is 3. The van der Waals surface area contributed by atoms with E-state index in [4.69, 9.17) is 5.73 Å². The van der Waals surface area contributed by atoms with Crippen LogP contribution in [0.15, 0.2) is 47.5 Å². The van der Waals surface area contributed by atoms with Crippen molar-refractivity contribution in [3.63, 3.8) is 0 Å². The number of anilines is 1. The van der Waals surface area contributed by atoms with Gasteiger partial charge in [0.1, 0.15) is 22.8 Å². The molecule has 0 spiro atoms. The Balaban J connectivity index is 1.73. The number of primary amides is 1. The monoisotopic (exact) mass is 558 g/mol. The molecule has 0 bridgehead atoms. The summed E-state index contributed by atoms with van der Waals surface area (Å²) in [5.41, 5.74) is 3.61. The van der Waals surface area contributed by atoms with Gasteiger partial charge in [-0.05, 0) is 56.6 Å². The summed E-state index contributed by atoms with van der Waals surface area (Å²) in [5.74, 6) is -1.14. The fourth-order valence-electron chi connectivity index (χ4n) is 6.36. The average molecular weight is 559 g/mol. The first-order valence-corrected chi connectivity index (χ1v) is 12.9. The van der Waals surface area contributed by atoms with E-state index >= 15 is 0 Å². The molecule has 0 aliphatic heterocycles. The highest BCUT2D eigenvalue weighted by Crippen LogP contribution is 2.54. The third kappa shape index (κ3) is 4.06. The van der Waals surface area contributed by atoms with Crippen molar-refractivity contribution in [3.8, 4) is 17.6 Å². The van der Waals surface area contributed by atoms with Gasteiger partial charge in [-0.2, -0.15) is 0 Å². The Morgan fingerprint density at radius 2 is 1.85 bits per heavy atom. The second-order valence-electron chi connectivity index (χ2n) is 11.0. The van der Waals surface area contributed by atoms with Gasteiger partial charge in [-0.1, -0.05) is 11.8 Å². The molecule has 0 unspecified atom stereocenters. The van der Waals surface area contributed by atoms with Crippen LogP contribution in [0.25, 0.3) is 5.76 Å². The van der Waals surface area contributed by atoms with Crippen molar-refractivity contribution in [2.24, 2.45) is 17.6 Å². The number of phenolic OH excluding ortho intramolecular Hbond substituents is 1. The van der Waals surface area contributed by atoms with Crippen molar-refractivity contribution in [1.29, 1.82) is 0 Å². The fourth-order valence-corrected chi connectivity index (χ4v) is 6.36. The van der Waals surface area contributed by atoms with Crippen LogP contribution in [-0.2, 0) is 20.8 Å². The van der Waals surface area contributed by atoms with Crippen LogP contribution in [0.3, 0.4) is 0 Å². The van der Waals surface area contributed by atoms with Crippen LogP contribution >= 0.6 is 0 Å². The van der Waals surface area contributed by atoms with Crippen LogP contribution < -0.4 is 10.6 Å². The molecule has 3 aliphatic rings. The van der Waals surface area contributed by atoms with Gasteiger partial charge in [0, 0.05) is 49.2 Å². The first-order chi connectivity index (χ1) is 19.3. The number of amides is 1. The van der Waals surface area contributed by atoms with Gasteiger partial charge in [-0.3, -0.25) is 24.3 Å². The number of hydrogen-bond acceptors (Lipinski definition) is 10. The molecule has 0 saturated heterocycles. The number of ketones is 2. The van der Waals surface area contributed by atoms with Crippen LogP contribution in [0.1, 0.15) is 28.7 Å². The van der Waals surface area contributed by atoms with E-state index in [-0.39, 0.29) is 35.3 Å². The SMILES string of the molecule is CN(C)c1cc(C#Cc2cccnc2)c(O)c2c1C[C@@H]1C[C@@H]3[C@@H](N(C)C)C(=O)C(C(N)=O)=C(O)[C@]3(O)C(=O)C1=C2O. The summed E-state index contributed by atoms with van der Waals surface area (Å²) in [6.45, 7) is 0. The van der Waals surface area contributed by atoms with Crippen molar-refractivity contribution in [3.05, 3.63) is 69.8 Å². The van der Waals surface area contributed by atoms with Crippen molar-refractivity contribution >= 4 is 28.9 Å². The van der Waals surface area contributed by atoms with Crippen LogP contribution in [-0.4, -0.2) is 87.6 Å². The predicted molar refractivity (Wildman–Crippen MR) is 149 cm³/mol. The Bertz CT molecular complexity index is 1630. The minimum atomic E-state index is -2.69. The lowest BCUT2D eigenvalue weighted by molar-refractivity contribution is -0.153. The molecule has 11 nitrogen and oxygen atoms in total. The number of nitrogens with zero attached hydrogens (tertiary/aromatic N) is 3. The van der Waals surface area contributed by atoms with E-state index in [1.807, 2.05) is 0 Å². The molecule has 3 aliphatic carbocycles. The lowest BCUT2D eigenvalue weighted by Crippen LogP contribution is -2.65. The van der Waals surface area contributed by atoms with E-state index in [0.29, 0.717) is 16.8 Å². The summed E-state index contributed by atoms with van der Waals surface area (Å²) < 4.78 is 0. The molecule has 41 heavy (non-hydrogen) atoms. The maximum atomic E-state index is 14.0. The van der Waals surface area contributed by atoms with Gasteiger partial charge in [0.05, 0.1) is 17.2 Å². The number of aliphatic hydroxyl groups excluding tert-OH is 2. The average Bonchev–Trinajstić information content (AvgIpc) is 2.90. The number of nitrogens with two attached hydrogens (primary N) is 1. The maximum Gasteiger partial charge on any atom is 0.255 e. The minimum Gasteiger partial charge on any atom is -0.508 e. The van der Waals surface area contributed by atoms with Crippen LogP contribution in [0, 0.1) is 23.7 Å². The van der Waals surface area contributed by atoms with Crippen molar-refractivity contribution in [2.45, 2.75) is 24.5 Å². The number of likely N-dealkylation sites (N-methyl/N-ethyl adjacent to an activating group) is 1. The quantitative estimate of drug-likeness (QED) is 0.268. The summed E-state index contributed by atoms with van der Waals surface area (Å²) in [7, 11) is 6.71. The van der Waals surface area contributed by atoms with Crippen LogP contribution in [0.4, 0.5) is 5.69 Å². The van der Waals surface area contributed by atoms with E-state index in [9.17, 15) is 34.8 Å². The number of hydrogen-bond donors (Lipinski definition) is 5. The van der Waals surface area contributed by atoms with Gasteiger partial charge in [0.25, 0.3) is 5.91 Å². The molecule has 0 radical (unpaired) electrons. The number of phenols is 1. The topological polar surface area (TPSA) is 178 Å². The molecule has 212 valence electrons. The number of benzene rings is 1. The molecule has 1 saturated carbocycles. The van der Waals surface area contributed by atoms with E-state index < -0.39 is 58.0 Å². The van der Waals surface area contributed by atoms with Gasteiger partial charge in [0.2, 0.25) is 5.78 Å². The third-order valence-electron chi connectivity index (χ3n) is 8.18. The molecule has 1 aromatic carbocycles. The van der Waals surface area contributed by atoms with E-state index in [2.05, 4.69) is 16.8 Å². The third-order valence-corrected chi connectivity index (χ3v) is 8.18. The highest BCUT2D eigenvalue weighted by molar-refractivity contribution is 6.24. The predicted octanol–water partition coefficient (Wildman–Crippen LogP) is 0.825. The number of carbonyl (C=O) groups excluding carboxylic acids is 3.